The molecule has 0 spiro atoms. The molecule has 0 amide bonds. The molecule has 0 radical (unpaired) electrons. The number of nitrogens with zero attached hydrogens (tertiary/aromatic N) is 2. The van der Waals surface area contributed by atoms with Crippen molar-refractivity contribution in [2.24, 2.45) is 0 Å². The predicted molar refractivity (Wildman–Crippen MR) is 68.7 cm³/mol. The van der Waals surface area contributed by atoms with E-state index in [1.54, 1.807) is 0 Å². The van der Waals surface area contributed by atoms with Gasteiger partial charge < -0.3 is 5.11 Å². The van der Waals surface area contributed by atoms with Crippen LogP contribution in [0.25, 0.3) is 11.3 Å². The number of benzene rings is 1. The molecule has 0 aliphatic carbocycles. The zero-order chi connectivity index (χ0) is 15.6. The molecule has 2 rings (SSSR count). The molecular formula is C13H8ClF3N2O2. The lowest BCUT2D eigenvalue weighted by molar-refractivity contribution is 0.111. The van der Waals surface area contributed by atoms with Crippen LogP contribution in [0, 0.1) is 5.82 Å². The SMILES string of the molecule is O=Cc1nc(-c2c(C(F)F)ccc(Cl)c2F)cnc1CO. The van der Waals surface area contributed by atoms with Crippen LogP contribution in [0.15, 0.2) is 18.3 Å². The first-order chi connectivity index (χ1) is 9.99. The molecule has 0 aliphatic rings. The minimum Gasteiger partial charge on any atom is -0.390 e. The van der Waals surface area contributed by atoms with Crippen LogP contribution in [0.2, 0.25) is 5.02 Å². The normalized spacial score (nSPS) is 11.0. The molecule has 0 saturated heterocycles. The average Bonchev–Trinajstić information content (AvgIpc) is 2.48. The number of rotatable bonds is 4. The third-order valence-electron chi connectivity index (χ3n) is 2.76. The van der Waals surface area contributed by atoms with Gasteiger partial charge in [0, 0.05) is 11.1 Å². The molecule has 1 aromatic carbocycles. The van der Waals surface area contributed by atoms with Crippen LogP contribution in [0.4, 0.5) is 13.2 Å². The molecule has 1 heterocycles. The molecule has 21 heavy (non-hydrogen) atoms. The molecule has 0 fully saturated rings. The zero-order valence-corrected chi connectivity index (χ0v) is 11.1. The first-order valence-corrected chi connectivity index (χ1v) is 6.05. The van der Waals surface area contributed by atoms with Gasteiger partial charge in [-0.3, -0.25) is 9.78 Å². The van der Waals surface area contributed by atoms with Crippen molar-refractivity contribution in [1.82, 2.24) is 9.97 Å². The number of aromatic nitrogens is 2. The number of aldehydes is 1. The van der Waals surface area contributed by atoms with Crippen LogP contribution in [0.5, 0.6) is 0 Å². The number of carbonyl (C=O) groups is 1. The second kappa shape index (κ2) is 6.19. The highest BCUT2D eigenvalue weighted by Crippen LogP contribution is 2.35. The van der Waals surface area contributed by atoms with E-state index in [2.05, 4.69) is 9.97 Å². The van der Waals surface area contributed by atoms with Gasteiger partial charge >= 0.3 is 0 Å². The molecule has 110 valence electrons. The number of hydrogen-bond acceptors (Lipinski definition) is 4. The van der Waals surface area contributed by atoms with Crippen molar-refractivity contribution in [3.63, 3.8) is 0 Å². The monoisotopic (exact) mass is 316 g/mol. The minimum absolute atomic E-state index is 0.0326. The maximum atomic E-state index is 14.1. The smallest absolute Gasteiger partial charge is 0.264 e. The summed E-state index contributed by atoms with van der Waals surface area (Å²) in [4.78, 5) is 18.3. The van der Waals surface area contributed by atoms with E-state index in [0.717, 1.165) is 18.3 Å². The Morgan fingerprint density at radius 3 is 2.67 bits per heavy atom. The van der Waals surface area contributed by atoms with Crippen LogP contribution in [0.1, 0.15) is 28.2 Å². The van der Waals surface area contributed by atoms with Crippen molar-refractivity contribution in [1.29, 1.82) is 0 Å². The standard InChI is InChI=1S/C13H8ClF3N2O2/c14-7-2-1-6(13(16)17)11(12(7)15)8-3-18-9(4-20)10(5-21)19-8/h1-3,5,13,20H,4H2. The fraction of sp³-hybridized carbons (Fsp3) is 0.154. The van der Waals surface area contributed by atoms with E-state index in [4.69, 9.17) is 16.7 Å². The van der Waals surface area contributed by atoms with Crippen molar-refractivity contribution in [2.75, 3.05) is 0 Å². The Balaban J connectivity index is 2.71. The van der Waals surface area contributed by atoms with Crippen molar-refractivity contribution in [2.45, 2.75) is 13.0 Å². The quantitative estimate of drug-likeness (QED) is 0.880. The van der Waals surface area contributed by atoms with E-state index >= 15 is 0 Å². The van der Waals surface area contributed by atoms with E-state index in [9.17, 15) is 18.0 Å². The predicted octanol–water partition coefficient (Wildman–Crippen LogP) is 3.18. The molecule has 8 heteroatoms. The Kier molecular flexibility index (Phi) is 4.54. The molecule has 0 aliphatic heterocycles. The summed E-state index contributed by atoms with van der Waals surface area (Å²) in [5, 5.41) is 8.62. The van der Waals surface area contributed by atoms with Gasteiger partial charge in [-0.2, -0.15) is 0 Å². The lowest BCUT2D eigenvalue weighted by atomic mass is 10.0. The minimum atomic E-state index is -2.95. The Labute approximate surface area is 122 Å². The molecule has 0 bridgehead atoms. The van der Waals surface area contributed by atoms with E-state index in [1.165, 1.54) is 0 Å². The van der Waals surface area contributed by atoms with Crippen LogP contribution in [0.3, 0.4) is 0 Å². The molecule has 0 atom stereocenters. The molecule has 4 nitrogen and oxygen atoms in total. The number of aliphatic hydroxyl groups excluding tert-OH is 1. The Morgan fingerprint density at radius 2 is 2.10 bits per heavy atom. The first-order valence-electron chi connectivity index (χ1n) is 5.68. The fourth-order valence-electron chi connectivity index (χ4n) is 1.77. The lowest BCUT2D eigenvalue weighted by Gasteiger charge is -2.11. The third kappa shape index (κ3) is 2.88. The second-order valence-corrected chi connectivity index (χ2v) is 4.40. The Hall–Kier alpha value is -1.99. The zero-order valence-electron chi connectivity index (χ0n) is 10.4. The van der Waals surface area contributed by atoms with Crippen molar-refractivity contribution in [3.05, 3.63) is 46.1 Å². The van der Waals surface area contributed by atoms with E-state index in [-0.39, 0.29) is 22.1 Å². The Morgan fingerprint density at radius 1 is 1.38 bits per heavy atom. The highest BCUT2D eigenvalue weighted by Gasteiger charge is 2.22. The van der Waals surface area contributed by atoms with Gasteiger partial charge in [0.2, 0.25) is 0 Å². The number of carbonyl (C=O) groups excluding carboxylic acids is 1. The molecule has 0 unspecified atom stereocenters. The van der Waals surface area contributed by atoms with Crippen LogP contribution >= 0.6 is 11.6 Å². The van der Waals surface area contributed by atoms with Crippen LogP contribution in [-0.2, 0) is 6.61 Å². The fourth-order valence-corrected chi connectivity index (χ4v) is 1.93. The maximum absolute atomic E-state index is 14.1. The van der Waals surface area contributed by atoms with Crippen molar-refractivity contribution < 1.29 is 23.1 Å². The van der Waals surface area contributed by atoms with Gasteiger partial charge in [-0.15, -0.1) is 0 Å². The molecule has 1 aromatic heterocycles. The highest BCUT2D eigenvalue weighted by atomic mass is 35.5. The topological polar surface area (TPSA) is 63.1 Å². The van der Waals surface area contributed by atoms with Crippen LogP contribution in [-0.4, -0.2) is 21.4 Å². The van der Waals surface area contributed by atoms with E-state index < -0.39 is 30.0 Å². The number of hydrogen-bond donors (Lipinski definition) is 1. The average molecular weight is 317 g/mol. The van der Waals surface area contributed by atoms with Crippen molar-refractivity contribution in [3.8, 4) is 11.3 Å². The second-order valence-electron chi connectivity index (χ2n) is 3.99. The Bertz CT molecular complexity index is 695. The summed E-state index contributed by atoms with van der Waals surface area (Å²) in [6, 6.07) is 1.99. The maximum Gasteiger partial charge on any atom is 0.264 e. The van der Waals surface area contributed by atoms with Gasteiger partial charge in [0.05, 0.1) is 29.2 Å². The summed E-state index contributed by atoms with van der Waals surface area (Å²) in [6.07, 6.45) is -1.66. The number of halogens is 4. The molecule has 2 aromatic rings. The summed E-state index contributed by atoms with van der Waals surface area (Å²) >= 11 is 5.59. The number of aliphatic hydroxyl groups is 1. The van der Waals surface area contributed by atoms with Gasteiger partial charge in [0.15, 0.2) is 12.1 Å². The summed E-state index contributed by atoms with van der Waals surface area (Å²) in [5.74, 6) is -1.07. The van der Waals surface area contributed by atoms with Crippen molar-refractivity contribution >= 4 is 17.9 Å². The van der Waals surface area contributed by atoms with Crippen LogP contribution < -0.4 is 0 Å². The number of alkyl halides is 2. The largest absolute Gasteiger partial charge is 0.390 e. The van der Waals surface area contributed by atoms with Gasteiger partial charge in [-0.25, -0.2) is 18.2 Å². The van der Waals surface area contributed by atoms with Gasteiger partial charge in [0.1, 0.15) is 5.69 Å². The van der Waals surface area contributed by atoms with E-state index in [0.29, 0.717) is 6.29 Å². The summed E-state index contributed by atoms with van der Waals surface area (Å²) < 4.78 is 40.0. The summed E-state index contributed by atoms with van der Waals surface area (Å²) in [5.41, 5.74) is -1.67. The highest BCUT2D eigenvalue weighted by molar-refractivity contribution is 6.31. The van der Waals surface area contributed by atoms with E-state index in [1.807, 2.05) is 0 Å². The molecule has 1 N–H and O–H groups in total. The van der Waals surface area contributed by atoms with Gasteiger partial charge in [-0.05, 0) is 6.07 Å². The first kappa shape index (κ1) is 15.4. The summed E-state index contributed by atoms with van der Waals surface area (Å²) in [6.45, 7) is -0.554. The van der Waals surface area contributed by atoms with Gasteiger partial charge in [-0.1, -0.05) is 17.7 Å². The molecular weight excluding hydrogens is 309 g/mol. The third-order valence-corrected chi connectivity index (χ3v) is 3.05. The summed E-state index contributed by atoms with van der Waals surface area (Å²) in [7, 11) is 0. The van der Waals surface area contributed by atoms with Gasteiger partial charge in [0.25, 0.3) is 6.43 Å². The molecule has 0 saturated carbocycles. The lowest BCUT2D eigenvalue weighted by Crippen LogP contribution is -2.04.